The van der Waals surface area contributed by atoms with Crippen LogP contribution in [0.1, 0.15) is 76.2 Å². The molecular formula is C22H36N4O. The van der Waals surface area contributed by atoms with Crippen molar-refractivity contribution in [1.29, 1.82) is 0 Å². The first-order chi connectivity index (χ1) is 13.2. The van der Waals surface area contributed by atoms with E-state index in [1.54, 1.807) is 0 Å². The van der Waals surface area contributed by atoms with Gasteiger partial charge in [0, 0.05) is 57.0 Å². The molecule has 5 nitrogen and oxygen atoms in total. The predicted molar refractivity (Wildman–Crippen MR) is 107 cm³/mol. The Balaban J connectivity index is 1.30. The summed E-state index contributed by atoms with van der Waals surface area (Å²) in [7, 11) is 0. The highest BCUT2D eigenvalue weighted by molar-refractivity contribution is 5.77. The summed E-state index contributed by atoms with van der Waals surface area (Å²) in [5.74, 6) is 3.06. The molecule has 1 saturated carbocycles. The van der Waals surface area contributed by atoms with E-state index in [1.165, 1.54) is 37.2 Å². The maximum atomic E-state index is 12.4. The molecule has 3 fully saturated rings. The highest BCUT2D eigenvalue weighted by Crippen LogP contribution is 2.32. The molecule has 0 aromatic carbocycles. The van der Waals surface area contributed by atoms with Crippen LogP contribution in [0.25, 0.3) is 0 Å². The van der Waals surface area contributed by atoms with Crippen molar-refractivity contribution in [3.63, 3.8) is 0 Å². The Labute approximate surface area is 163 Å². The summed E-state index contributed by atoms with van der Waals surface area (Å²) in [6, 6.07) is 0.480. The van der Waals surface area contributed by atoms with E-state index in [1.807, 2.05) is 6.20 Å². The first-order valence-electron chi connectivity index (χ1n) is 11.3. The molecule has 0 bridgehead atoms. The van der Waals surface area contributed by atoms with Crippen molar-refractivity contribution in [2.75, 3.05) is 19.6 Å². The minimum atomic E-state index is 0.392. The fourth-order valence-electron chi connectivity index (χ4n) is 5.51. The second-order valence-electron chi connectivity index (χ2n) is 9.04. The molecule has 1 aromatic heterocycles. The number of likely N-dealkylation sites (tertiary alicyclic amines) is 2. The van der Waals surface area contributed by atoms with E-state index >= 15 is 0 Å². The average molecular weight is 373 g/mol. The van der Waals surface area contributed by atoms with Crippen molar-refractivity contribution in [3.05, 3.63) is 17.7 Å². The number of aromatic amines is 1. The van der Waals surface area contributed by atoms with Gasteiger partial charge in [0.15, 0.2) is 0 Å². The SMILES string of the molecule is CCCCN1C(=O)CC[C@H]2CN(Cc3cnc(CC4CCCC4)[nH]3)CC[C@H]21. The number of hydrogen-bond donors (Lipinski definition) is 1. The van der Waals surface area contributed by atoms with Gasteiger partial charge in [-0.3, -0.25) is 9.69 Å². The fraction of sp³-hybridized carbons (Fsp3) is 0.818. The Bertz CT molecular complexity index is 622. The van der Waals surface area contributed by atoms with Gasteiger partial charge in [-0.05, 0) is 31.1 Å². The molecule has 2 saturated heterocycles. The molecule has 0 unspecified atom stereocenters. The number of fused-ring (bicyclic) bond motifs is 1. The monoisotopic (exact) mass is 372 g/mol. The zero-order valence-electron chi connectivity index (χ0n) is 17.0. The molecule has 2 aliphatic heterocycles. The third kappa shape index (κ3) is 4.56. The van der Waals surface area contributed by atoms with Crippen LogP contribution in [0.5, 0.6) is 0 Å². The van der Waals surface area contributed by atoms with Crippen LogP contribution in [-0.2, 0) is 17.8 Å². The molecule has 1 aliphatic carbocycles. The fourth-order valence-corrected chi connectivity index (χ4v) is 5.51. The van der Waals surface area contributed by atoms with Gasteiger partial charge >= 0.3 is 0 Å². The van der Waals surface area contributed by atoms with Gasteiger partial charge in [0.2, 0.25) is 5.91 Å². The highest BCUT2D eigenvalue weighted by Gasteiger charge is 2.38. The molecule has 3 heterocycles. The topological polar surface area (TPSA) is 52.2 Å². The lowest BCUT2D eigenvalue weighted by Crippen LogP contribution is -2.55. The maximum absolute atomic E-state index is 12.4. The van der Waals surface area contributed by atoms with Gasteiger partial charge in [-0.2, -0.15) is 0 Å². The molecule has 1 aromatic rings. The molecule has 0 radical (unpaired) electrons. The summed E-state index contributed by atoms with van der Waals surface area (Å²) in [4.78, 5) is 25.4. The van der Waals surface area contributed by atoms with Crippen LogP contribution in [0.15, 0.2) is 6.20 Å². The van der Waals surface area contributed by atoms with Crippen molar-refractivity contribution in [3.8, 4) is 0 Å². The lowest BCUT2D eigenvalue weighted by Gasteiger charge is -2.47. The van der Waals surface area contributed by atoms with Crippen LogP contribution in [0.2, 0.25) is 0 Å². The molecule has 4 rings (SSSR count). The van der Waals surface area contributed by atoms with Gasteiger partial charge in [0.25, 0.3) is 0 Å². The number of hydrogen-bond acceptors (Lipinski definition) is 3. The molecule has 1 amide bonds. The summed E-state index contributed by atoms with van der Waals surface area (Å²) in [5, 5.41) is 0. The van der Waals surface area contributed by atoms with Crippen molar-refractivity contribution in [2.24, 2.45) is 11.8 Å². The lowest BCUT2D eigenvalue weighted by atomic mass is 9.83. The zero-order valence-corrected chi connectivity index (χ0v) is 17.0. The van der Waals surface area contributed by atoms with Gasteiger partial charge < -0.3 is 9.88 Å². The zero-order chi connectivity index (χ0) is 18.6. The summed E-state index contributed by atoms with van der Waals surface area (Å²) < 4.78 is 0. The van der Waals surface area contributed by atoms with Crippen molar-refractivity contribution < 1.29 is 4.79 Å². The lowest BCUT2D eigenvalue weighted by molar-refractivity contribution is -0.141. The summed E-state index contributed by atoms with van der Waals surface area (Å²) in [5.41, 5.74) is 1.26. The van der Waals surface area contributed by atoms with E-state index in [0.29, 0.717) is 17.9 Å². The average Bonchev–Trinajstić information content (AvgIpc) is 3.34. The van der Waals surface area contributed by atoms with Crippen LogP contribution in [0.3, 0.4) is 0 Å². The molecule has 0 spiro atoms. The Hall–Kier alpha value is -1.36. The van der Waals surface area contributed by atoms with Gasteiger partial charge in [0.05, 0.1) is 0 Å². The molecule has 150 valence electrons. The summed E-state index contributed by atoms with van der Waals surface area (Å²) in [6.45, 7) is 6.36. The molecule has 1 N–H and O–H groups in total. The van der Waals surface area contributed by atoms with Gasteiger partial charge in [-0.15, -0.1) is 0 Å². The minimum Gasteiger partial charge on any atom is -0.345 e. The Morgan fingerprint density at radius 3 is 2.89 bits per heavy atom. The standard InChI is InChI=1S/C22H36N4O/c1-2-3-11-26-20-10-12-25(15-18(20)8-9-22(26)27)16-19-14-23-21(24-19)13-17-6-4-5-7-17/h14,17-18,20H,2-13,15-16H2,1H3,(H,23,24)/t18-,20+/m0/s1. The molecule has 3 aliphatic rings. The van der Waals surface area contributed by atoms with Gasteiger partial charge in [-0.1, -0.05) is 39.0 Å². The van der Waals surface area contributed by atoms with E-state index in [9.17, 15) is 4.79 Å². The second-order valence-corrected chi connectivity index (χ2v) is 9.04. The third-order valence-electron chi connectivity index (χ3n) is 7.01. The first kappa shape index (κ1) is 19.0. The minimum absolute atomic E-state index is 0.392. The molecular weight excluding hydrogens is 336 g/mol. The van der Waals surface area contributed by atoms with E-state index in [2.05, 4.69) is 26.7 Å². The Morgan fingerprint density at radius 1 is 1.22 bits per heavy atom. The normalized spacial score (nSPS) is 27.3. The van der Waals surface area contributed by atoms with Crippen LogP contribution in [0.4, 0.5) is 0 Å². The van der Waals surface area contributed by atoms with Gasteiger partial charge in [-0.25, -0.2) is 4.98 Å². The number of nitrogens with one attached hydrogen (secondary N) is 1. The molecule has 5 heteroatoms. The van der Waals surface area contributed by atoms with E-state index in [-0.39, 0.29) is 0 Å². The van der Waals surface area contributed by atoms with E-state index in [4.69, 9.17) is 0 Å². The predicted octanol–water partition coefficient (Wildman–Crippen LogP) is 3.76. The Morgan fingerprint density at radius 2 is 2.07 bits per heavy atom. The molecule has 2 atom stereocenters. The smallest absolute Gasteiger partial charge is 0.222 e. The molecule has 27 heavy (non-hydrogen) atoms. The number of amides is 1. The van der Waals surface area contributed by atoms with Crippen LogP contribution >= 0.6 is 0 Å². The van der Waals surface area contributed by atoms with Crippen molar-refractivity contribution in [1.82, 2.24) is 19.8 Å². The van der Waals surface area contributed by atoms with Crippen molar-refractivity contribution >= 4 is 5.91 Å². The largest absolute Gasteiger partial charge is 0.345 e. The van der Waals surface area contributed by atoms with Crippen LogP contribution < -0.4 is 0 Å². The van der Waals surface area contributed by atoms with Crippen molar-refractivity contribution in [2.45, 2.75) is 83.7 Å². The quantitative estimate of drug-likeness (QED) is 0.793. The number of rotatable bonds is 7. The first-order valence-corrected chi connectivity index (χ1v) is 11.3. The van der Waals surface area contributed by atoms with Gasteiger partial charge in [0.1, 0.15) is 5.82 Å². The number of carbonyl (C=O) groups excluding carboxylic acids is 1. The summed E-state index contributed by atoms with van der Waals surface area (Å²) in [6.07, 6.45) is 14.0. The van der Waals surface area contributed by atoms with E-state index < -0.39 is 0 Å². The third-order valence-corrected chi connectivity index (χ3v) is 7.01. The summed E-state index contributed by atoms with van der Waals surface area (Å²) >= 11 is 0. The highest BCUT2D eigenvalue weighted by atomic mass is 16.2. The number of aromatic nitrogens is 2. The van der Waals surface area contributed by atoms with Crippen LogP contribution in [-0.4, -0.2) is 51.4 Å². The maximum Gasteiger partial charge on any atom is 0.222 e. The number of piperidine rings is 2. The number of nitrogens with zero attached hydrogens (tertiary/aromatic N) is 3. The number of unbranched alkanes of at least 4 members (excludes halogenated alkanes) is 1. The Kier molecular flexibility index (Phi) is 6.16. The second kappa shape index (κ2) is 8.76. The van der Waals surface area contributed by atoms with E-state index in [0.717, 1.165) is 70.6 Å². The van der Waals surface area contributed by atoms with Crippen LogP contribution in [0, 0.1) is 11.8 Å². The number of imidazole rings is 1. The number of carbonyl (C=O) groups is 1. The number of H-pyrrole nitrogens is 1.